The van der Waals surface area contributed by atoms with E-state index < -0.39 is 0 Å². The lowest BCUT2D eigenvalue weighted by molar-refractivity contribution is -0.0102. The van der Waals surface area contributed by atoms with E-state index in [1.54, 1.807) is 0 Å². The molecule has 0 aliphatic heterocycles. The lowest BCUT2D eigenvalue weighted by Gasteiger charge is -2.27. The molecule has 1 aliphatic rings. The van der Waals surface area contributed by atoms with Crippen molar-refractivity contribution in [1.82, 2.24) is 5.32 Å². The Bertz CT molecular complexity index is 115. The molecule has 1 aliphatic carbocycles. The van der Waals surface area contributed by atoms with Gasteiger partial charge in [-0.25, -0.2) is 0 Å². The average Bonchev–Trinajstić information content (AvgIpc) is 2.00. The summed E-state index contributed by atoms with van der Waals surface area (Å²) in [6.07, 6.45) is 5.03. The molecular weight excluding hydrogens is 154 g/mol. The third-order valence-electron chi connectivity index (χ3n) is 2.47. The summed E-state index contributed by atoms with van der Waals surface area (Å²) < 4.78 is 5.61. The van der Waals surface area contributed by atoms with E-state index >= 15 is 0 Å². The zero-order chi connectivity index (χ0) is 8.81. The monoisotopic (exact) mass is 173 g/mol. The standard InChI is InChI=1S/C9H19NO2/c1-10-8(5-6-11)7-12-9-3-2-4-9/h8-11H,2-7H2,1H3. The number of ether oxygens (including phenoxy) is 1. The highest BCUT2D eigenvalue weighted by atomic mass is 16.5. The summed E-state index contributed by atoms with van der Waals surface area (Å²) in [6, 6.07) is 0.315. The van der Waals surface area contributed by atoms with Crippen LogP contribution < -0.4 is 5.32 Å². The van der Waals surface area contributed by atoms with Gasteiger partial charge in [-0.1, -0.05) is 0 Å². The molecule has 1 atom stereocenters. The van der Waals surface area contributed by atoms with Crippen molar-refractivity contribution >= 4 is 0 Å². The van der Waals surface area contributed by atoms with Crippen molar-refractivity contribution in [2.24, 2.45) is 0 Å². The van der Waals surface area contributed by atoms with Crippen LogP contribution in [0.15, 0.2) is 0 Å². The van der Waals surface area contributed by atoms with E-state index in [0.717, 1.165) is 13.0 Å². The van der Waals surface area contributed by atoms with Gasteiger partial charge in [0, 0.05) is 12.6 Å². The van der Waals surface area contributed by atoms with Crippen molar-refractivity contribution in [3.63, 3.8) is 0 Å². The van der Waals surface area contributed by atoms with Crippen LogP contribution in [0.2, 0.25) is 0 Å². The third kappa shape index (κ3) is 3.09. The Labute approximate surface area is 74.1 Å². The van der Waals surface area contributed by atoms with Crippen LogP contribution >= 0.6 is 0 Å². The van der Waals surface area contributed by atoms with Gasteiger partial charge < -0.3 is 15.2 Å². The Balaban J connectivity index is 2.01. The van der Waals surface area contributed by atoms with Gasteiger partial charge in [0.15, 0.2) is 0 Å². The first kappa shape index (κ1) is 9.96. The first-order valence-corrected chi connectivity index (χ1v) is 4.76. The van der Waals surface area contributed by atoms with E-state index in [2.05, 4.69) is 5.32 Å². The minimum absolute atomic E-state index is 0.236. The van der Waals surface area contributed by atoms with Crippen molar-refractivity contribution in [2.45, 2.75) is 37.8 Å². The Morgan fingerprint density at radius 3 is 2.75 bits per heavy atom. The number of rotatable bonds is 6. The van der Waals surface area contributed by atoms with E-state index in [-0.39, 0.29) is 6.61 Å². The maximum atomic E-state index is 8.71. The molecular formula is C9H19NO2. The molecule has 0 radical (unpaired) electrons. The largest absolute Gasteiger partial charge is 0.396 e. The summed E-state index contributed by atoms with van der Waals surface area (Å²) in [7, 11) is 1.91. The van der Waals surface area contributed by atoms with Crippen LogP contribution in [-0.4, -0.2) is 37.5 Å². The SMILES string of the molecule is CNC(CCO)COC1CCC1. The maximum Gasteiger partial charge on any atom is 0.0624 e. The number of hydrogen-bond acceptors (Lipinski definition) is 3. The van der Waals surface area contributed by atoms with Crippen molar-refractivity contribution in [3.05, 3.63) is 0 Å². The van der Waals surface area contributed by atoms with Gasteiger partial charge in [-0.2, -0.15) is 0 Å². The minimum Gasteiger partial charge on any atom is -0.396 e. The molecule has 12 heavy (non-hydrogen) atoms. The van der Waals surface area contributed by atoms with Crippen LogP contribution in [-0.2, 0) is 4.74 Å². The summed E-state index contributed by atoms with van der Waals surface area (Å²) in [5.41, 5.74) is 0. The summed E-state index contributed by atoms with van der Waals surface area (Å²) in [5, 5.41) is 11.8. The lowest BCUT2D eigenvalue weighted by atomic mass is 9.96. The molecule has 0 bridgehead atoms. The van der Waals surface area contributed by atoms with Crippen LogP contribution in [0, 0.1) is 0 Å². The topological polar surface area (TPSA) is 41.5 Å². The molecule has 72 valence electrons. The van der Waals surface area contributed by atoms with E-state index in [9.17, 15) is 0 Å². The van der Waals surface area contributed by atoms with Gasteiger partial charge in [0.2, 0.25) is 0 Å². The smallest absolute Gasteiger partial charge is 0.0624 e. The maximum absolute atomic E-state index is 8.71. The zero-order valence-electron chi connectivity index (χ0n) is 7.75. The first-order valence-electron chi connectivity index (χ1n) is 4.76. The highest BCUT2D eigenvalue weighted by Crippen LogP contribution is 2.21. The zero-order valence-corrected chi connectivity index (χ0v) is 7.75. The molecule has 1 unspecified atom stereocenters. The molecule has 3 heteroatoms. The second-order valence-electron chi connectivity index (χ2n) is 3.38. The van der Waals surface area contributed by atoms with Crippen LogP contribution in [0.3, 0.4) is 0 Å². The molecule has 0 aromatic heterocycles. The highest BCUT2D eigenvalue weighted by Gasteiger charge is 2.18. The van der Waals surface area contributed by atoms with Crippen LogP contribution in [0.25, 0.3) is 0 Å². The lowest BCUT2D eigenvalue weighted by Crippen LogP contribution is -2.34. The second-order valence-corrected chi connectivity index (χ2v) is 3.38. The fraction of sp³-hybridized carbons (Fsp3) is 1.00. The van der Waals surface area contributed by atoms with E-state index in [4.69, 9.17) is 9.84 Å². The molecule has 0 aromatic rings. The molecule has 1 fully saturated rings. The average molecular weight is 173 g/mol. The van der Waals surface area contributed by atoms with Crippen molar-refractivity contribution in [3.8, 4) is 0 Å². The van der Waals surface area contributed by atoms with E-state index in [0.29, 0.717) is 12.1 Å². The second kappa shape index (κ2) is 5.51. The molecule has 0 amide bonds. The van der Waals surface area contributed by atoms with E-state index in [1.807, 2.05) is 7.05 Å². The Morgan fingerprint density at radius 1 is 1.58 bits per heavy atom. The molecule has 0 saturated heterocycles. The van der Waals surface area contributed by atoms with Crippen molar-refractivity contribution < 1.29 is 9.84 Å². The van der Waals surface area contributed by atoms with Crippen molar-refractivity contribution in [2.75, 3.05) is 20.3 Å². The Morgan fingerprint density at radius 2 is 2.33 bits per heavy atom. The molecule has 3 nitrogen and oxygen atoms in total. The number of likely N-dealkylation sites (N-methyl/N-ethyl adjacent to an activating group) is 1. The molecule has 1 rings (SSSR count). The van der Waals surface area contributed by atoms with Crippen LogP contribution in [0.4, 0.5) is 0 Å². The van der Waals surface area contributed by atoms with Gasteiger partial charge in [0.05, 0.1) is 12.7 Å². The highest BCUT2D eigenvalue weighted by molar-refractivity contribution is 4.71. The van der Waals surface area contributed by atoms with Gasteiger partial charge in [0.1, 0.15) is 0 Å². The van der Waals surface area contributed by atoms with E-state index in [1.165, 1.54) is 19.3 Å². The Hall–Kier alpha value is -0.120. The van der Waals surface area contributed by atoms with Crippen LogP contribution in [0.5, 0.6) is 0 Å². The number of aliphatic hydroxyl groups excluding tert-OH is 1. The van der Waals surface area contributed by atoms with Crippen molar-refractivity contribution in [1.29, 1.82) is 0 Å². The minimum atomic E-state index is 0.236. The first-order chi connectivity index (χ1) is 5.86. The molecule has 1 saturated carbocycles. The molecule has 2 N–H and O–H groups in total. The van der Waals surface area contributed by atoms with Gasteiger partial charge in [0.25, 0.3) is 0 Å². The normalized spacial score (nSPS) is 20.5. The Kier molecular flexibility index (Phi) is 4.58. The van der Waals surface area contributed by atoms with Gasteiger partial charge in [-0.05, 0) is 32.7 Å². The summed E-state index contributed by atoms with van der Waals surface area (Å²) in [4.78, 5) is 0. The van der Waals surface area contributed by atoms with Crippen LogP contribution in [0.1, 0.15) is 25.7 Å². The molecule has 0 heterocycles. The third-order valence-corrected chi connectivity index (χ3v) is 2.47. The number of aliphatic hydroxyl groups is 1. The van der Waals surface area contributed by atoms with Gasteiger partial charge in [-0.15, -0.1) is 0 Å². The summed E-state index contributed by atoms with van der Waals surface area (Å²) in [5.74, 6) is 0. The quantitative estimate of drug-likeness (QED) is 0.615. The summed E-state index contributed by atoms with van der Waals surface area (Å²) >= 11 is 0. The van der Waals surface area contributed by atoms with Gasteiger partial charge in [-0.3, -0.25) is 0 Å². The molecule has 0 spiro atoms. The van der Waals surface area contributed by atoms with Gasteiger partial charge >= 0.3 is 0 Å². The fourth-order valence-electron chi connectivity index (χ4n) is 1.26. The molecule has 0 aromatic carbocycles. The summed E-state index contributed by atoms with van der Waals surface area (Å²) in [6.45, 7) is 0.973. The predicted molar refractivity (Wildman–Crippen MR) is 48.1 cm³/mol. The number of nitrogens with one attached hydrogen (secondary N) is 1. The predicted octanol–water partition coefficient (Wildman–Crippen LogP) is 0.526. The number of hydrogen-bond donors (Lipinski definition) is 2. The fourth-order valence-corrected chi connectivity index (χ4v) is 1.26.